The third-order valence-corrected chi connectivity index (χ3v) is 4.84. The summed E-state index contributed by atoms with van der Waals surface area (Å²) < 4.78 is 24.0. The summed E-state index contributed by atoms with van der Waals surface area (Å²) in [5, 5.41) is 8.76. The lowest BCUT2D eigenvalue weighted by molar-refractivity contribution is 0.0696. The fraction of sp³-hybridized carbons (Fsp3) is 0.100. The Kier molecular flexibility index (Phi) is 4.35. The number of hydrogen-bond donors (Lipinski definition) is 1. The van der Waals surface area contributed by atoms with Crippen LogP contribution in [0.5, 0.6) is 0 Å². The zero-order valence-electron chi connectivity index (χ0n) is 8.48. The van der Waals surface area contributed by atoms with Crippen LogP contribution in [0.2, 0.25) is 0 Å². The summed E-state index contributed by atoms with van der Waals surface area (Å²) in [6.07, 6.45) is 0. The van der Waals surface area contributed by atoms with Gasteiger partial charge in [0.05, 0.1) is 16.2 Å². The Morgan fingerprint density at radius 1 is 1.47 bits per heavy atom. The molecular weight excluding hydrogens is 332 g/mol. The number of benzene rings is 1. The van der Waals surface area contributed by atoms with E-state index in [9.17, 15) is 13.2 Å². The maximum absolute atomic E-state index is 11.9. The first-order valence-corrected chi connectivity index (χ1v) is 7.15. The van der Waals surface area contributed by atoms with Crippen molar-refractivity contribution in [3.63, 3.8) is 0 Å². The summed E-state index contributed by atoms with van der Waals surface area (Å²) in [4.78, 5) is 10.6. The Bertz CT molecular complexity index is 580. The van der Waals surface area contributed by atoms with Crippen LogP contribution in [0.3, 0.4) is 0 Å². The van der Waals surface area contributed by atoms with Crippen molar-refractivity contribution in [2.75, 3.05) is 5.75 Å². The van der Waals surface area contributed by atoms with Crippen LogP contribution in [0.4, 0.5) is 0 Å². The number of sulfone groups is 1. The van der Waals surface area contributed by atoms with Gasteiger partial charge in [0.1, 0.15) is 0 Å². The highest BCUT2D eigenvalue weighted by Crippen LogP contribution is 2.25. The minimum absolute atomic E-state index is 0.0300. The maximum atomic E-state index is 11.9. The SMILES string of the molecule is C=C(Cl)CS(=O)(=O)c1cc(C(=O)O)ccc1Br. The molecule has 0 heterocycles. The van der Waals surface area contributed by atoms with Gasteiger partial charge in [-0.25, -0.2) is 13.2 Å². The van der Waals surface area contributed by atoms with Crippen molar-refractivity contribution in [2.24, 2.45) is 0 Å². The van der Waals surface area contributed by atoms with Gasteiger partial charge in [0.2, 0.25) is 0 Å². The molecule has 0 unspecified atom stereocenters. The van der Waals surface area contributed by atoms with Gasteiger partial charge in [-0.05, 0) is 34.1 Å². The van der Waals surface area contributed by atoms with E-state index >= 15 is 0 Å². The van der Waals surface area contributed by atoms with E-state index in [1.54, 1.807) is 0 Å². The van der Waals surface area contributed by atoms with Crippen LogP contribution in [0, 0.1) is 0 Å². The molecule has 0 aliphatic heterocycles. The minimum atomic E-state index is -3.69. The molecule has 1 aromatic rings. The Balaban J connectivity index is 3.35. The second kappa shape index (κ2) is 5.20. The molecule has 0 aromatic heterocycles. The van der Waals surface area contributed by atoms with E-state index in [2.05, 4.69) is 22.5 Å². The summed E-state index contributed by atoms with van der Waals surface area (Å²) in [6.45, 7) is 3.31. The van der Waals surface area contributed by atoms with Gasteiger partial charge < -0.3 is 5.11 Å². The zero-order chi connectivity index (χ0) is 13.2. The van der Waals surface area contributed by atoms with Crippen LogP contribution in [-0.4, -0.2) is 25.2 Å². The zero-order valence-corrected chi connectivity index (χ0v) is 11.6. The van der Waals surface area contributed by atoms with Crippen molar-refractivity contribution in [1.82, 2.24) is 0 Å². The first-order chi connectivity index (χ1) is 7.74. The summed E-state index contributed by atoms with van der Waals surface area (Å²) >= 11 is 8.52. The lowest BCUT2D eigenvalue weighted by Gasteiger charge is -2.06. The molecular formula is C10H8BrClO4S. The third-order valence-electron chi connectivity index (χ3n) is 1.86. The van der Waals surface area contributed by atoms with Gasteiger partial charge in [0, 0.05) is 9.51 Å². The molecule has 1 rings (SSSR count). The van der Waals surface area contributed by atoms with E-state index in [-0.39, 0.29) is 15.5 Å². The predicted octanol–water partition coefficient (Wildman–Crippen LogP) is 2.67. The fourth-order valence-corrected chi connectivity index (χ4v) is 3.82. The van der Waals surface area contributed by atoms with E-state index in [0.29, 0.717) is 4.47 Å². The molecule has 0 aliphatic carbocycles. The van der Waals surface area contributed by atoms with Crippen LogP contribution in [0.25, 0.3) is 0 Å². The molecule has 0 radical (unpaired) electrons. The van der Waals surface area contributed by atoms with Crippen LogP contribution < -0.4 is 0 Å². The molecule has 0 bridgehead atoms. The summed E-state index contributed by atoms with van der Waals surface area (Å²) in [6, 6.07) is 3.76. The van der Waals surface area contributed by atoms with Crippen molar-refractivity contribution in [3.8, 4) is 0 Å². The number of carboxylic acid groups (broad SMARTS) is 1. The Morgan fingerprint density at radius 3 is 2.53 bits per heavy atom. The highest BCUT2D eigenvalue weighted by Gasteiger charge is 2.20. The van der Waals surface area contributed by atoms with Crippen LogP contribution in [0.15, 0.2) is 39.2 Å². The molecule has 0 saturated heterocycles. The van der Waals surface area contributed by atoms with Gasteiger partial charge in [0.25, 0.3) is 0 Å². The Hall–Kier alpha value is -0.850. The minimum Gasteiger partial charge on any atom is -0.478 e. The highest BCUT2D eigenvalue weighted by molar-refractivity contribution is 9.10. The predicted molar refractivity (Wildman–Crippen MR) is 68.1 cm³/mol. The van der Waals surface area contributed by atoms with Gasteiger partial charge in [-0.15, -0.1) is 0 Å². The largest absolute Gasteiger partial charge is 0.478 e. The van der Waals surface area contributed by atoms with Crippen LogP contribution in [0.1, 0.15) is 10.4 Å². The molecule has 0 amide bonds. The fourth-order valence-electron chi connectivity index (χ4n) is 1.16. The average Bonchev–Trinajstić information content (AvgIpc) is 2.15. The molecule has 17 heavy (non-hydrogen) atoms. The number of carbonyl (C=O) groups is 1. The molecule has 7 heteroatoms. The second-order valence-corrected chi connectivity index (χ2v) is 6.57. The quantitative estimate of drug-likeness (QED) is 0.915. The number of halogens is 2. The Morgan fingerprint density at radius 2 is 2.06 bits per heavy atom. The van der Waals surface area contributed by atoms with Gasteiger partial charge in [0.15, 0.2) is 9.84 Å². The molecule has 1 N–H and O–H groups in total. The third kappa shape index (κ3) is 3.55. The standard InChI is InChI=1S/C10H8BrClO4S/c1-6(12)5-17(15,16)9-4-7(10(13)14)2-3-8(9)11/h2-4H,1,5H2,(H,13,14). The lowest BCUT2D eigenvalue weighted by atomic mass is 10.2. The van der Waals surface area contributed by atoms with E-state index in [4.69, 9.17) is 16.7 Å². The molecule has 0 fully saturated rings. The van der Waals surface area contributed by atoms with E-state index in [1.165, 1.54) is 12.1 Å². The molecule has 0 aliphatic rings. The number of rotatable bonds is 4. The molecule has 92 valence electrons. The van der Waals surface area contributed by atoms with Crippen molar-refractivity contribution in [1.29, 1.82) is 0 Å². The number of aromatic carboxylic acids is 1. The van der Waals surface area contributed by atoms with Gasteiger partial charge >= 0.3 is 5.97 Å². The van der Waals surface area contributed by atoms with Gasteiger partial charge in [-0.3, -0.25) is 0 Å². The molecule has 0 saturated carbocycles. The normalized spacial score (nSPS) is 11.2. The molecule has 0 spiro atoms. The monoisotopic (exact) mass is 338 g/mol. The smallest absolute Gasteiger partial charge is 0.335 e. The van der Waals surface area contributed by atoms with Crippen molar-refractivity contribution in [3.05, 3.63) is 39.8 Å². The van der Waals surface area contributed by atoms with Crippen molar-refractivity contribution < 1.29 is 18.3 Å². The van der Waals surface area contributed by atoms with Crippen LogP contribution >= 0.6 is 27.5 Å². The molecule has 0 atom stereocenters. The van der Waals surface area contributed by atoms with E-state index < -0.39 is 21.6 Å². The first-order valence-electron chi connectivity index (χ1n) is 4.33. The average molecular weight is 340 g/mol. The lowest BCUT2D eigenvalue weighted by Crippen LogP contribution is -2.09. The van der Waals surface area contributed by atoms with E-state index in [1.807, 2.05) is 0 Å². The number of carboxylic acids is 1. The Labute approximate surface area is 112 Å². The summed E-state index contributed by atoms with van der Waals surface area (Å²) in [7, 11) is -3.69. The van der Waals surface area contributed by atoms with Gasteiger partial charge in [-0.1, -0.05) is 18.2 Å². The highest BCUT2D eigenvalue weighted by atomic mass is 79.9. The first kappa shape index (κ1) is 14.2. The van der Waals surface area contributed by atoms with E-state index in [0.717, 1.165) is 6.07 Å². The summed E-state index contributed by atoms with van der Waals surface area (Å²) in [5.41, 5.74) is -0.105. The van der Waals surface area contributed by atoms with Gasteiger partial charge in [-0.2, -0.15) is 0 Å². The molecule has 4 nitrogen and oxygen atoms in total. The van der Waals surface area contributed by atoms with Crippen molar-refractivity contribution >= 4 is 43.3 Å². The maximum Gasteiger partial charge on any atom is 0.335 e. The second-order valence-electron chi connectivity index (χ2n) is 3.23. The molecule has 1 aromatic carbocycles. The van der Waals surface area contributed by atoms with Crippen LogP contribution in [-0.2, 0) is 9.84 Å². The number of hydrogen-bond acceptors (Lipinski definition) is 3. The topological polar surface area (TPSA) is 71.4 Å². The van der Waals surface area contributed by atoms with Crippen molar-refractivity contribution in [2.45, 2.75) is 4.90 Å². The summed E-state index contributed by atoms with van der Waals surface area (Å²) in [5.74, 6) is -1.63.